The second kappa shape index (κ2) is 9.28. The molecule has 3 atom stereocenters. The number of urea groups is 1. The highest BCUT2D eigenvalue weighted by Gasteiger charge is 2.31. The van der Waals surface area contributed by atoms with Crippen LogP contribution in [0.4, 0.5) is 4.79 Å². The summed E-state index contributed by atoms with van der Waals surface area (Å²) >= 11 is 0. The van der Waals surface area contributed by atoms with Gasteiger partial charge < -0.3 is 24.8 Å². The van der Waals surface area contributed by atoms with Crippen LogP contribution in [-0.2, 0) is 16.1 Å². The van der Waals surface area contributed by atoms with Gasteiger partial charge in [0.05, 0.1) is 12.0 Å². The number of nitrogens with zero attached hydrogens (tertiary/aromatic N) is 1. The molecule has 28 heavy (non-hydrogen) atoms. The third kappa shape index (κ3) is 5.38. The third-order valence-electron chi connectivity index (χ3n) is 5.40. The molecule has 2 aliphatic rings. The van der Waals surface area contributed by atoms with Crippen molar-refractivity contribution in [2.24, 2.45) is 11.8 Å². The normalized spacial score (nSPS) is 24.8. The highest BCUT2D eigenvalue weighted by atomic mass is 16.5. The lowest BCUT2D eigenvalue weighted by molar-refractivity contribution is -0.143. The summed E-state index contributed by atoms with van der Waals surface area (Å²) in [4.78, 5) is 25.5. The summed E-state index contributed by atoms with van der Waals surface area (Å²) < 4.78 is 11.6. The van der Waals surface area contributed by atoms with E-state index in [-0.39, 0.29) is 24.6 Å². The van der Waals surface area contributed by atoms with E-state index in [9.17, 15) is 14.7 Å². The number of nitrogens with one attached hydrogen (secondary N) is 1. The molecule has 0 saturated carbocycles. The van der Waals surface area contributed by atoms with Crippen molar-refractivity contribution in [3.63, 3.8) is 0 Å². The van der Waals surface area contributed by atoms with Crippen LogP contribution in [0, 0.1) is 18.8 Å². The predicted octanol–water partition coefficient (Wildman–Crippen LogP) is 2.81. The lowest BCUT2D eigenvalue weighted by Gasteiger charge is -2.34. The maximum absolute atomic E-state index is 12.6. The lowest BCUT2D eigenvalue weighted by Crippen LogP contribution is -2.49. The first kappa shape index (κ1) is 20.5. The van der Waals surface area contributed by atoms with Crippen LogP contribution in [0.5, 0.6) is 5.75 Å². The molecule has 7 nitrogen and oxygen atoms in total. The van der Waals surface area contributed by atoms with E-state index in [1.807, 2.05) is 32.0 Å². The largest absolute Gasteiger partial charge is 0.491 e. The van der Waals surface area contributed by atoms with Gasteiger partial charge in [-0.3, -0.25) is 4.79 Å². The zero-order valence-electron chi connectivity index (χ0n) is 16.6. The molecule has 2 amide bonds. The molecule has 0 aromatic heterocycles. The zero-order valence-corrected chi connectivity index (χ0v) is 16.6. The first-order chi connectivity index (χ1) is 13.4. The topological polar surface area (TPSA) is 88.1 Å². The molecule has 1 aromatic rings. The molecule has 0 spiro atoms. The van der Waals surface area contributed by atoms with E-state index in [4.69, 9.17) is 9.47 Å². The number of aliphatic carboxylic acids is 1. The first-order valence-electron chi connectivity index (χ1n) is 10.0. The van der Waals surface area contributed by atoms with Crippen LogP contribution in [-0.4, -0.2) is 54.4 Å². The Morgan fingerprint density at radius 1 is 1.36 bits per heavy atom. The van der Waals surface area contributed by atoms with Crippen molar-refractivity contribution < 1.29 is 24.2 Å². The van der Waals surface area contributed by atoms with Crippen LogP contribution >= 0.6 is 0 Å². The summed E-state index contributed by atoms with van der Waals surface area (Å²) in [6.07, 6.45) is 2.82. The number of piperidine rings is 1. The van der Waals surface area contributed by atoms with Crippen molar-refractivity contribution in [1.82, 2.24) is 10.2 Å². The summed E-state index contributed by atoms with van der Waals surface area (Å²) in [5.41, 5.74) is 1.99. The predicted molar refractivity (Wildman–Crippen MR) is 104 cm³/mol. The van der Waals surface area contributed by atoms with Gasteiger partial charge in [-0.15, -0.1) is 0 Å². The fourth-order valence-electron chi connectivity index (χ4n) is 3.88. The van der Waals surface area contributed by atoms with E-state index in [1.165, 1.54) is 0 Å². The molecular formula is C21H30N2O5. The molecule has 1 aromatic carbocycles. The lowest BCUT2D eigenvalue weighted by atomic mass is 9.91. The number of carbonyl (C=O) groups is 2. The van der Waals surface area contributed by atoms with Gasteiger partial charge in [-0.25, -0.2) is 4.79 Å². The monoisotopic (exact) mass is 390 g/mol. The van der Waals surface area contributed by atoms with Gasteiger partial charge in [0.1, 0.15) is 12.4 Å². The van der Waals surface area contributed by atoms with E-state index >= 15 is 0 Å². The van der Waals surface area contributed by atoms with Crippen molar-refractivity contribution in [1.29, 1.82) is 0 Å². The molecule has 0 aliphatic carbocycles. The standard InChI is InChI=1S/C21H30N2O5/c1-14-5-6-16(19(9-14)28-13-18-4-3-7-27-18)10-22-21(26)23-11-15(2)8-17(12-23)20(24)25/h5-6,9,15,17-18H,3-4,7-8,10-13H2,1-2H3,(H,22,26)(H,24,25). The number of benzene rings is 1. The quantitative estimate of drug-likeness (QED) is 0.780. The molecule has 154 valence electrons. The second-order valence-corrected chi connectivity index (χ2v) is 8.00. The summed E-state index contributed by atoms with van der Waals surface area (Å²) in [5.74, 6) is -0.414. The van der Waals surface area contributed by atoms with Gasteiger partial charge in [-0.05, 0) is 43.7 Å². The summed E-state index contributed by atoms with van der Waals surface area (Å²) in [6.45, 7) is 6.44. The Kier molecular flexibility index (Phi) is 6.78. The number of amides is 2. The van der Waals surface area contributed by atoms with E-state index < -0.39 is 11.9 Å². The van der Waals surface area contributed by atoms with E-state index in [1.54, 1.807) is 4.90 Å². The third-order valence-corrected chi connectivity index (χ3v) is 5.40. The van der Waals surface area contributed by atoms with Gasteiger partial charge in [0.15, 0.2) is 0 Å². The van der Waals surface area contributed by atoms with Gasteiger partial charge in [-0.2, -0.15) is 0 Å². The minimum atomic E-state index is -0.840. The van der Waals surface area contributed by atoms with E-state index in [0.717, 1.165) is 36.3 Å². The fraction of sp³-hybridized carbons (Fsp3) is 0.619. The molecule has 3 rings (SSSR count). The Hall–Kier alpha value is -2.28. The Morgan fingerprint density at radius 2 is 2.18 bits per heavy atom. The summed E-state index contributed by atoms with van der Waals surface area (Å²) in [6, 6.07) is 5.69. The number of ether oxygens (including phenoxy) is 2. The average molecular weight is 390 g/mol. The zero-order chi connectivity index (χ0) is 20.1. The van der Waals surface area contributed by atoms with Gasteiger partial charge in [-0.1, -0.05) is 19.1 Å². The number of carbonyl (C=O) groups excluding carboxylic acids is 1. The molecule has 0 bridgehead atoms. The molecule has 2 heterocycles. The van der Waals surface area contributed by atoms with Crippen LogP contribution in [0.1, 0.15) is 37.3 Å². The molecular weight excluding hydrogens is 360 g/mol. The highest BCUT2D eigenvalue weighted by molar-refractivity contribution is 5.76. The smallest absolute Gasteiger partial charge is 0.317 e. The molecule has 7 heteroatoms. The molecule has 2 fully saturated rings. The molecule has 0 radical (unpaired) electrons. The van der Waals surface area contributed by atoms with Gasteiger partial charge in [0.25, 0.3) is 0 Å². The van der Waals surface area contributed by atoms with Crippen molar-refractivity contribution >= 4 is 12.0 Å². The molecule has 3 unspecified atom stereocenters. The Labute approximate surface area is 166 Å². The number of likely N-dealkylation sites (tertiary alicyclic amines) is 1. The number of aryl methyl sites for hydroxylation is 1. The van der Waals surface area contributed by atoms with E-state index in [0.29, 0.717) is 26.1 Å². The first-order valence-corrected chi connectivity index (χ1v) is 10.0. The van der Waals surface area contributed by atoms with Gasteiger partial charge in [0.2, 0.25) is 0 Å². The van der Waals surface area contributed by atoms with E-state index in [2.05, 4.69) is 5.32 Å². The number of carboxylic acid groups (broad SMARTS) is 1. The fourth-order valence-corrected chi connectivity index (χ4v) is 3.88. The second-order valence-electron chi connectivity index (χ2n) is 8.00. The maximum atomic E-state index is 12.6. The molecule has 2 aliphatic heterocycles. The maximum Gasteiger partial charge on any atom is 0.317 e. The van der Waals surface area contributed by atoms with Crippen molar-refractivity contribution in [2.45, 2.75) is 45.8 Å². The number of hydrogen-bond acceptors (Lipinski definition) is 4. The Bertz CT molecular complexity index is 702. The van der Waals surface area contributed by atoms with Crippen LogP contribution in [0.2, 0.25) is 0 Å². The summed E-state index contributed by atoms with van der Waals surface area (Å²) in [5, 5.41) is 12.2. The Balaban J connectivity index is 1.58. The van der Waals surface area contributed by atoms with Crippen molar-refractivity contribution in [3.05, 3.63) is 29.3 Å². The highest BCUT2D eigenvalue weighted by Crippen LogP contribution is 2.24. The van der Waals surface area contributed by atoms with Crippen LogP contribution in [0.25, 0.3) is 0 Å². The SMILES string of the molecule is Cc1ccc(CNC(=O)N2CC(C)CC(C(=O)O)C2)c(OCC2CCCO2)c1. The van der Waals surface area contributed by atoms with Crippen LogP contribution in [0.15, 0.2) is 18.2 Å². The molecule has 2 saturated heterocycles. The number of rotatable bonds is 6. The molecule has 2 N–H and O–H groups in total. The summed E-state index contributed by atoms with van der Waals surface area (Å²) in [7, 11) is 0. The Morgan fingerprint density at radius 3 is 2.89 bits per heavy atom. The van der Waals surface area contributed by atoms with Crippen molar-refractivity contribution in [3.8, 4) is 5.75 Å². The number of carboxylic acids is 1. The van der Waals surface area contributed by atoms with Gasteiger partial charge in [0, 0.05) is 31.8 Å². The minimum absolute atomic E-state index is 0.130. The van der Waals surface area contributed by atoms with Gasteiger partial charge >= 0.3 is 12.0 Å². The van der Waals surface area contributed by atoms with Crippen LogP contribution < -0.4 is 10.1 Å². The average Bonchev–Trinajstić information content (AvgIpc) is 3.18. The number of hydrogen-bond donors (Lipinski definition) is 2. The van der Waals surface area contributed by atoms with Crippen molar-refractivity contribution in [2.75, 3.05) is 26.3 Å². The minimum Gasteiger partial charge on any atom is -0.491 e. The van der Waals surface area contributed by atoms with Crippen LogP contribution in [0.3, 0.4) is 0 Å².